The van der Waals surface area contributed by atoms with E-state index < -0.39 is 5.82 Å². The third-order valence-electron chi connectivity index (χ3n) is 3.19. The van der Waals surface area contributed by atoms with Crippen molar-refractivity contribution in [2.75, 3.05) is 24.6 Å². The molecule has 0 aromatic carbocycles. The van der Waals surface area contributed by atoms with E-state index in [1.54, 1.807) is 0 Å². The van der Waals surface area contributed by atoms with Gasteiger partial charge in [0.15, 0.2) is 5.82 Å². The van der Waals surface area contributed by atoms with Gasteiger partial charge < -0.3 is 9.64 Å². The maximum absolute atomic E-state index is 14.2. The van der Waals surface area contributed by atoms with Gasteiger partial charge in [-0.1, -0.05) is 13.8 Å². The molecule has 2 atom stereocenters. The monoisotopic (exact) mass is 253 g/mol. The molecule has 0 spiro atoms. The van der Waals surface area contributed by atoms with Crippen molar-refractivity contribution >= 4 is 5.82 Å². The quantitative estimate of drug-likeness (QED) is 0.829. The Morgan fingerprint density at radius 3 is 2.61 bits per heavy atom. The zero-order chi connectivity index (χ0) is 13.1. The molecule has 2 heterocycles. The van der Waals surface area contributed by atoms with E-state index in [1.807, 2.05) is 11.8 Å². The first-order valence-corrected chi connectivity index (χ1v) is 6.50. The van der Waals surface area contributed by atoms with Crippen LogP contribution >= 0.6 is 0 Å². The Morgan fingerprint density at radius 1 is 1.33 bits per heavy atom. The van der Waals surface area contributed by atoms with Crippen molar-refractivity contribution in [3.63, 3.8) is 0 Å². The lowest BCUT2D eigenvalue weighted by Crippen LogP contribution is -2.39. The van der Waals surface area contributed by atoms with Crippen LogP contribution in [0.4, 0.5) is 10.2 Å². The van der Waals surface area contributed by atoms with Crippen molar-refractivity contribution in [1.82, 2.24) is 9.97 Å². The maximum Gasteiger partial charge on any atom is 0.255 e. The summed E-state index contributed by atoms with van der Waals surface area (Å²) >= 11 is 0. The molecule has 0 N–H and O–H groups in total. The number of hydrogen-bond acceptors (Lipinski definition) is 4. The highest BCUT2D eigenvalue weighted by atomic mass is 19.1. The molecule has 18 heavy (non-hydrogen) atoms. The van der Waals surface area contributed by atoms with Crippen LogP contribution in [0.1, 0.15) is 27.2 Å². The second-order valence-corrected chi connectivity index (χ2v) is 5.10. The van der Waals surface area contributed by atoms with Crippen molar-refractivity contribution in [3.05, 3.63) is 12.1 Å². The molecule has 1 aliphatic rings. The molecule has 0 aliphatic carbocycles. The van der Waals surface area contributed by atoms with Gasteiger partial charge in [0.05, 0.1) is 6.61 Å². The normalized spacial score (nSPS) is 24.1. The minimum atomic E-state index is -0.444. The van der Waals surface area contributed by atoms with E-state index in [-0.39, 0.29) is 5.88 Å². The summed E-state index contributed by atoms with van der Waals surface area (Å²) in [4.78, 5) is 9.90. The van der Waals surface area contributed by atoms with Gasteiger partial charge in [0.2, 0.25) is 5.82 Å². The molecule has 1 aromatic rings. The zero-order valence-corrected chi connectivity index (χ0v) is 11.2. The number of ether oxygens (including phenoxy) is 1. The Morgan fingerprint density at radius 2 is 2.00 bits per heavy atom. The van der Waals surface area contributed by atoms with Crippen LogP contribution in [0.5, 0.6) is 5.88 Å². The van der Waals surface area contributed by atoms with Crippen LogP contribution in [-0.4, -0.2) is 29.7 Å². The van der Waals surface area contributed by atoms with Crippen LogP contribution < -0.4 is 9.64 Å². The standard InChI is InChI=1S/C13H20FN3O/c1-4-18-13-11(14)12(15-8-16-13)17-6-9(2)5-10(3)7-17/h8-10H,4-7H2,1-3H3. The lowest BCUT2D eigenvalue weighted by molar-refractivity contribution is 0.303. The fraction of sp³-hybridized carbons (Fsp3) is 0.692. The second-order valence-electron chi connectivity index (χ2n) is 5.10. The molecular formula is C13H20FN3O. The summed E-state index contributed by atoms with van der Waals surface area (Å²) in [6, 6.07) is 0. The number of nitrogens with zero attached hydrogens (tertiary/aromatic N) is 3. The van der Waals surface area contributed by atoms with E-state index in [2.05, 4.69) is 23.8 Å². The van der Waals surface area contributed by atoms with E-state index in [0.717, 1.165) is 13.1 Å². The average Bonchev–Trinajstić information content (AvgIpc) is 2.31. The van der Waals surface area contributed by atoms with Crippen LogP contribution in [0.15, 0.2) is 6.33 Å². The molecule has 1 fully saturated rings. The molecule has 1 aromatic heterocycles. The Labute approximate surface area is 107 Å². The van der Waals surface area contributed by atoms with Gasteiger partial charge in [-0.25, -0.2) is 4.98 Å². The topological polar surface area (TPSA) is 38.3 Å². The average molecular weight is 253 g/mol. The number of rotatable bonds is 3. The SMILES string of the molecule is CCOc1ncnc(N2CC(C)CC(C)C2)c1F. The third kappa shape index (κ3) is 2.71. The van der Waals surface area contributed by atoms with E-state index in [0.29, 0.717) is 24.3 Å². The van der Waals surface area contributed by atoms with Gasteiger partial charge in [-0.2, -0.15) is 9.37 Å². The first kappa shape index (κ1) is 13.1. The van der Waals surface area contributed by atoms with E-state index in [9.17, 15) is 4.39 Å². The van der Waals surface area contributed by atoms with Crippen molar-refractivity contribution in [1.29, 1.82) is 0 Å². The Kier molecular flexibility index (Phi) is 3.99. The Hall–Kier alpha value is -1.39. The molecule has 5 heteroatoms. The number of anilines is 1. The van der Waals surface area contributed by atoms with Gasteiger partial charge in [-0.15, -0.1) is 0 Å². The smallest absolute Gasteiger partial charge is 0.255 e. The number of aromatic nitrogens is 2. The van der Waals surface area contributed by atoms with Gasteiger partial charge in [0.1, 0.15) is 6.33 Å². The van der Waals surface area contributed by atoms with E-state index >= 15 is 0 Å². The van der Waals surface area contributed by atoms with Crippen LogP contribution in [0.2, 0.25) is 0 Å². The molecule has 2 unspecified atom stereocenters. The van der Waals surface area contributed by atoms with Crippen molar-refractivity contribution in [3.8, 4) is 5.88 Å². The van der Waals surface area contributed by atoms with Crippen LogP contribution in [0.25, 0.3) is 0 Å². The van der Waals surface area contributed by atoms with Gasteiger partial charge in [0.25, 0.3) is 5.88 Å². The molecule has 0 radical (unpaired) electrons. The van der Waals surface area contributed by atoms with Crippen LogP contribution in [-0.2, 0) is 0 Å². The van der Waals surface area contributed by atoms with Crippen LogP contribution in [0, 0.1) is 17.7 Å². The molecule has 100 valence electrons. The molecule has 2 rings (SSSR count). The molecule has 1 aliphatic heterocycles. The Balaban J connectivity index is 2.24. The summed E-state index contributed by atoms with van der Waals surface area (Å²) in [6.45, 7) is 8.26. The highest BCUT2D eigenvalue weighted by Gasteiger charge is 2.26. The maximum atomic E-state index is 14.2. The van der Waals surface area contributed by atoms with Gasteiger partial charge >= 0.3 is 0 Å². The summed E-state index contributed by atoms with van der Waals surface area (Å²) in [5, 5.41) is 0. The third-order valence-corrected chi connectivity index (χ3v) is 3.19. The highest BCUT2D eigenvalue weighted by Crippen LogP contribution is 2.29. The molecule has 0 amide bonds. The number of halogens is 1. The van der Waals surface area contributed by atoms with Crippen molar-refractivity contribution in [2.24, 2.45) is 11.8 Å². The summed E-state index contributed by atoms with van der Waals surface area (Å²) < 4.78 is 19.4. The minimum absolute atomic E-state index is 0.0494. The number of hydrogen-bond donors (Lipinski definition) is 0. The zero-order valence-electron chi connectivity index (χ0n) is 11.2. The summed E-state index contributed by atoms with van der Waals surface area (Å²) in [5.41, 5.74) is 0. The fourth-order valence-corrected chi connectivity index (χ4v) is 2.64. The second kappa shape index (κ2) is 5.50. The molecule has 4 nitrogen and oxygen atoms in total. The Bertz CT molecular complexity index is 403. The first-order valence-electron chi connectivity index (χ1n) is 6.50. The predicted molar refractivity (Wildman–Crippen MR) is 68.3 cm³/mol. The minimum Gasteiger partial charge on any atom is -0.476 e. The van der Waals surface area contributed by atoms with Gasteiger partial charge in [-0.3, -0.25) is 0 Å². The van der Waals surface area contributed by atoms with Gasteiger partial charge in [-0.05, 0) is 25.2 Å². The fourth-order valence-electron chi connectivity index (χ4n) is 2.64. The van der Waals surface area contributed by atoms with Crippen LogP contribution in [0.3, 0.4) is 0 Å². The molecular weight excluding hydrogens is 233 g/mol. The first-order chi connectivity index (χ1) is 8.61. The highest BCUT2D eigenvalue weighted by molar-refractivity contribution is 5.43. The largest absolute Gasteiger partial charge is 0.476 e. The lowest BCUT2D eigenvalue weighted by Gasteiger charge is -2.35. The number of piperidine rings is 1. The van der Waals surface area contributed by atoms with E-state index in [4.69, 9.17) is 4.74 Å². The van der Waals surface area contributed by atoms with Gasteiger partial charge in [0, 0.05) is 13.1 Å². The summed E-state index contributed by atoms with van der Waals surface area (Å²) in [5.74, 6) is 1.08. The van der Waals surface area contributed by atoms with E-state index in [1.165, 1.54) is 12.7 Å². The van der Waals surface area contributed by atoms with Crippen molar-refractivity contribution < 1.29 is 9.13 Å². The molecule has 0 bridgehead atoms. The molecule has 1 saturated heterocycles. The predicted octanol–water partition coefficient (Wildman–Crippen LogP) is 2.50. The van der Waals surface area contributed by atoms with Crippen molar-refractivity contribution in [2.45, 2.75) is 27.2 Å². The summed E-state index contributed by atoms with van der Waals surface area (Å²) in [6.07, 6.45) is 2.55. The summed E-state index contributed by atoms with van der Waals surface area (Å²) in [7, 11) is 0. The lowest BCUT2D eigenvalue weighted by atomic mass is 9.92. The molecule has 0 saturated carbocycles.